The molecule has 1 unspecified atom stereocenters. The SMILES string of the molecule is CCC(NCC(C)(C)C(C)C)c1cccc(F)c1. The molecule has 0 radical (unpaired) electrons. The molecule has 0 fully saturated rings. The average molecular weight is 251 g/mol. The van der Waals surface area contributed by atoms with Gasteiger partial charge in [0.25, 0.3) is 0 Å². The highest BCUT2D eigenvalue weighted by Crippen LogP contribution is 2.27. The second kappa shape index (κ2) is 6.33. The Morgan fingerprint density at radius 3 is 2.44 bits per heavy atom. The van der Waals surface area contributed by atoms with Crippen molar-refractivity contribution in [3.63, 3.8) is 0 Å². The van der Waals surface area contributed by atoms with Crippen LogP contribution in [0.5, 0.6) is 0 Å². The van der Waals surface area contributed by atoms with Gasteiger partial charge in [0, 0.05) is 12.6 Å². The van der Waals surface area contributed by atoms with Crippen LogP contribution in [0.2, 0.25) is 0 Å². The topological polar surface area (TPSA) is 12.0 Å². The van der Waals surface area contributed by atoms with Gasteiger partial charge in [0.05, 0.1) is 0 Å². The molecular weight excluding hydrogens is 225 g/mol. The van der Waals surface area contributed by atoms with E-state index in [2.05, 4.69) is 39.9 Å². The van der Waals surface area contributed by atoms with Crippen molar-refractivity contribution in [3.05, 3.63) is 35.6 Å². The number of halogens is 1. The maximum Gasteiger partial charge on any atom is 0.123 e. The molecule has 0 aliphatic carbocycles. The summed E-state index contributed by atoms with van der Waals surface area (Å²) in [5.74, 6) is 0.464. The highest BCUT2D eigenvalue weighted by Gasteiger charge is 2.23. The number of benzene rings is 1. The summed E-state index contributed by atoms with van der Waals surface area (Å²) in [4.78, 5) is 0. The summed E-state index contributed by atoms with van der Waals surface area (Å²) in [5.41, 5.74) is 1.29. The van der Waals surface area contributed by atoms with Crippen LogP contribution in [0.4, 0.5) is 4.39 Å². The molecule has 1 rings (SSSR count). The first-order valence-corrected chi connectivity index (χ1v) is 6.85. The van der Waals surface area contributed by atoms with E-state index in [4.69, 9.17) is 0 Å². The Hall–Kier alpha value is -0.890. The quantitative estimate of drug-likeness (QED) is 0.782. The van der Waals surface area contributed by atoms with Crippen molar-refractivity contribution in [1.82, 2.24) is 5.32 Å². The monoisotopic (exact) mass is 251 g/mol. The fourth-order valence-electron chi connectivity index (χ4n) is 1.81. The summed E-state index contributed by atoms with van der Waals surface area (Å²) in [6, 6.07) is 7.13. The van der Waals surface area contributed by atoms with Crippen molar-refractivity contribution in [1.29, 1.82) is 0 Å². The van der Waals surface area contributed by atoms with E-state index in [-0.39, 0.29) is 17.3 Å². The third-order valence-corrected chi connectivity index (χ3v) is 4.03. The van der Waals surface area contributed by atoms with Crippen molar-refractivity contribution >= 4 is 0 Å². The van der Waals surface area contributed by atoms with Crippen molar-refractivity contribution in [2.75, 3.05) is 6.54 Å². The van der Waals surface area contributed by atoms with E-state index in [1.807, 2.05) is 6.07 Å². The van der Waals surface area contributed by atoms with Gasteiger partial charge in [0.2, 0.25) is 0 Å². The lowest BCUT2D eigenvalue weighted by Crippen LogP contribution is -2.35. The van der Waals surface area contributed by atoms with Crippen molar-refractivity contribution in [2.45, 2.75) is 47.1 Å². The predicted octanol–water partition coefficient (Wildman–Crippen LogP) is 4.55. The zero-order valence-electron chi connectivity index (χ0n) is 12.3. The summed E-state index contributed by atoms with van der Waals surface area (Å²) < 4.78 is 13.2. The second-order valence-electron chi connectivity index (χ2n) is 6.04. The number of hydrogen-bond donors (Lipinski definition) is 1. The summed E-state index contributed by atoms with van der Waals surface area (Å²) in [5, 5.41) is 3.57. The van der Waals surface area contributed by atoms with E-state index < -0.39 is 0 Å². The van der Waals surface area contributed by atoms with Crippen LogP contribution in [0.1, 0.15) is 52.6 Å². The smallest absolute Gasteiger partial charge is 0.123 e. The van der Waals surface area contributed by atoms with Gasteiger partial charge >= 0.3 is 0 Å². The highest BCUT2D eigenvalue weighted by molar-refractivity contribution is 5.20. The van der Waals surface area contributed by atoms with Gasteiger partial charge in [-0.25, -0.2) is 4.39 Å². The summed E-state index contributed by atoms with van der Waals surface area (Å²) >= 11 is 0. The molecule has 1 nitrogen and oxygen atoms in total. The predicted molar refractivity (Wildman–Crippen MR) is 76.1 cm³/mol. The van der Waals surface area contributed by atoms with Crippen LogP contribution >= 0.6 is 0 Å². The molecule has 0 saturated heterocycles. The minimum absolute atomic E-state index is 0.157. The van der Waals surface area contributed by atoms with Gasteiger partial charge in [0.15, 0.2) is 0 Å². The van der Waals surface area contributed by atoms with E-state index in [0.717, 1.165) is 18.5 Å². The van der Waals surface area contributed by atoms with Crippen LogP contribution in [0.3, 0.4) is 0 Å². The zero-order chi connectivity index (χ0) is 13.8. The molecule has 2 heteroatoms. The van der Waals surface area contributed by atoms with Gasteiger partial charge < -0.3 is 5.32 Å². The van der Waals surface area contributed by atoms with Gasteiger partial charge in [-0.15, -0.1) is 0 Å². The van der Waals surface area contributed by atoms with Crippen LogP contribution < -0.4 is 5.32 Å². The van der Waals surface area contributed by atoms with Crippen LogP contribution in [0, 0.1) is 17.2 Å². The minimum Gasteiger partial charge on any atom is -0.309 e. The molecule has 18 heavy (non-hydrogen) atoms. The number of rotatable bonds is 6. The Balaban J connectivity index is 2.69. The van der Waals surface area contributed by atoms with Crippen LogP contribution in [0.15, 0.2) is 24.3 Å². The Bertz CT molecular complexity index is 371. The molecule has 0 amide bonds. The maximum atomic E-state index is 13.2. The molecule has 0 aromatic heterocycles. The Morgan fingerprint density at radius 2 is 1.94 bits per heavy atom. The third-order valence-electron chi connectivity index (χ3n) is 4.03. The normalized spacial score (nSPS) is 13.9. The van der Waals surface area contributed by atoms with E-state index in [0.29, 0.717) is 5.92 Å². The Kier molecular flexibility index (Phi) is 5.33. The molecule has 0 aliphatic rings. The molecular formula is C16H26FN. The van der Waals surface area contributed by atoms with Gasteiger partial charge in [-0.2, -0.15) is 0 Å². The number of nitrogens with one attached hydrogen (secondary N) is 1. The largest absolute Gasteiger partial charge is 0.309 e. The lowest BCUT2D eigenvalue weighted by Gasteiger charge is -2.32. The number of hydrogen-bond acceptors (Lipinski definition) is 1. The first-order chi connectivity index (χ1) is 8.36. The van der Waals surface area contributed by atoms with E-state index >= 15 is 0 Å². The summed E-state index contributed by atoms with van der Waals surface area (Å²) in [6.45, 7) is 12.1. The Morgan fingerprint density at radius 1 is 1.28 bits per heavy atom. The van der Waals surface area contributed by atoms with Gasteiger partial charge in [-0.05, 0) is 35.4 Å². The molecule has 1 N–H and O–H groups in total. The van der Waals surface area contributed by atoms with Gasteiger partial charge in [-0.1, -0.05) is 46.8 Å². The van der Waals surface area contributed by atoms with E-state index in [9.17, 15) is 4.39 Å². The fourth-order valence-corrected chi connectivity index (χ4v) is 1.81. The first-order valence-electron chi connectivity index (χ1n) is 6.85. The third kappa shape index (κ3) is 4.09. The van der Waals surface area contributed by atoms with Crippen molar-refractivity contribution in [3.8, 4) is 0 Å². The van der Waals surface area contributed by atoms with E-state index in [1.54, 1.807) is 12.1 Å². The van der Waals surface area contributed by atoms with Crippen molar-refractivity contribution < 1.29 is 4.39 Å². The summed E-state index contributed by atoms with van der Waals surface area (Å²) in [7, 11) is 0. The molecule has 1 aromatic carbocycles. The lowest BCUT2D eigenvalue weighted by molar-refractivity contribution is 0.227. The Labute approximate surface area is 111 Å². The standard InChI is InChI=1S/C16H26FN/c1-6-15(13-8-7-9-14(17)10-13)18-11-16(4,5)12(2)3/h7-10,12,15,18H,6,11H2,1-5H3. The molecule has 102 valence electrons. The zero-order valence-corrected chi connectivity index (χ0v) is 12.3. The second-order valence-corrected chi connectivity index (χ2v) is 6.04. The molecule has 1 aromatic rings. The molecule has 0 aliphatic heterocycles. The minimum atomic E-state index is -0.157. The molecule has 0 bridgehead atoms. The van der Waals surface area contributed by atoms with Gasteiger partial charge in [-0.3, -0.25) is 0 Å². The highest BCUT2D eigenvalue weighted by atomic mass is 19.1. The lowest BCUT2D eigenvalue weighted by atomic mass is 9.81. The molecule has 0 heterocycles. The molecule has 1 atom stereocenters. The van der Waals surface area contributed by atoms with Crippen LogP contribution in [-0.2, 0) is 0 Å². The summed E-state index contributed by atoms with van der Waals surface area (Å²) in [6.07, 6.45) is 0.970. The van der Waals surface area contributed by atoms with E-state index in [1.165, 1.54) is 6.07 Å². The molecule has 0 saturated carbocycles. The van der Waals surface area contributed by atoms with Crippen LogP contribution in [0.25, 0.3) is 0 Å². The first kappa shape index (κ1) is 15.2. The van der Waals surface area contributed by atoms with Crippen LogP contribution in [-0.4, -0.2) is 6.54 Å². The van der Waals surface area contributed by atoms with Gasteiger partial charge in [0.1, 0.15) is 5.82 Å². The van der Waals surface area contributed by atoms with Crippen molar-refractivity contribution in [2.24, 2.45) is 11.3 Å². The molecule has 0 spiro atoms. The maximum absolute atomic E-state index is 13.2. The fraction of sp³-hybridized carbons (Fsp3) is 0.625. The average Bonchev–Trinajstić information content (AvgIpc) is 2.29.